The summed E-state index contributed by atoms with van der Waals surface area (Å²) in [5.41, 5.74) is 6.41. The molecule has 1 aliphatic heterocycles. The third-order valence-electron chi connectivity index (χ3n) is 7.44. The van der Waals surface area contributed by atoms with E-state index in [1.807, 2.05) is 64.9 Å². The van der Waals surface area contributed by atoms with Crippen LogP contribution in [0.5, 0.6) is 5.75 Å². The Kier molecular flexibility index (Phi) is 13.5. The Bertz CT molecular complexity index is 1180. The van der Waals surface area contributed by atoms with Crippen LogP contribution in [0.25, 0.3) is 11.0 Å². The molecule has 1 atom stereocenters. The number of fused-ring (bicyclic) bond motifs is 2. The lowest BCUT2D eigenvalue weighted by molar-refractivity contribution is 0.0773. The standard InChI is InChI=1S/C23H27N3O2.C8H19N.C2H6/c1-5-26(6-2)23(27)17-7-8-20-19(13-17)24-22(25(20)4)14-18-12-16-9-10-28-21(16)11-15(18)3;1-4-5-8(2)6-7-9-3;1-2/h7-8,11-13H,5-6,9-10,14H2,1-4H3;8-9H,4-7H2,1-3H3;1-2H3. The van der Waals surface area contributed by atoms with Gasteiger partial charge in [0.2, 0.25) is 0 Å². The number of carbonyl (C=O) groups excluding carboxylic acids is 1. The Morgan fingerprint density at radius 2 is 1.85 bits per heavy atom. The summed E-state index contributed by atoms with van der Waals surface area (Å²) in [6, 6.07) is 10.2. The molecule has 1 N–H and O–H groups in total. The third kappa shape index (κ3) is 8.56. The highest BCUT2D eigenvalue weighted by Gasteiger charge is 2.18. The second-order valence-corrected chi connectivity index (χ2v) is 10.2. The molecule has 0 fully saturated rings. The van der Waals surface area contributed by atoms with Gasteiger partial charge in [0, 0.05) is 38.5 Å². The molecule has 0 spiro atoms. The van der Waals surface area contributed by atoms with Gasteiger partial charge in [0.25, 0.3) is 5.91 Å². The summed E-state index contributed by atoms with van der Waals surface area (Å²) in [5.74, 6) is 2.99. The number of hydrogen-bond acceptors (Lipinski definition) is 4. The van der Waals surface area contributed by atoms with E-state index >= 15 is 0 Å². The highest BCUT2D eigenvalue weighted by atomic mass is 16.5. The molecular weight excluding hydrogens is 484 g/mol. The predicted molar refractivity (Wildman–Crippen MR) is 165 cm³/mol. The molecule has 2 aromatic carbocycles. The van der Waals surface area contributed by atoms with Crippen molar-refractivity contribution in [1.29, 1.82) is 0 Å². The van der Waals surface area contributed by atoms with Gasteiger partial charge in [-0.05, 0) is 87.7 Å². The van der Waals surface area contributed by atoms with E-state index in [9.17, 15) is 4.79 Å². The highest BCUT2D eigenvalue weighted by Crippen LogP contribution is 2.30. The van der Waals surface area contributed by atoms with Crippen LogP contribution in [0.4, 0.5) is 0 Å². The first-order chi connectivity index (χ1) is 18.8. The number of hydrogen-bond donors (Lipinski definition) is 1. The fourth-order valence-electron chi connectivity index (χ4n) is 5.00. The van der Waals surface area contributed by atoms with Gasteiger partial charge in [-0.15, -0.1) is 0 Å². The SMILES string of the molecule is CC.CCCC(C)CCNC.CCN(CC)C(=O)c1ccc2c(c1)nc(Cc1cc3c(cc1C)OCC3)n2C. The van der Waals surface area contributed by atoms with Crippen LogP contribution in [0.15, 0.2) is 30.3 Å². The molecule has 39 heavy (non-hydrogen) atoms. The van der Waals surface area contributed by atoms with Crippen LogP contribution >= 0.6 is 0 Å². The summed E-state index contributed by atoms with van der Waals surface area (Å²) >= 11 is 0. The normalized spacial score (nSPS) is 12.5. The number of aromatic nitrogens is 2. The molecule has 216 valence electrons. The molecule has 6 nitrogen and oxygen atoms in total. The maximum atomic E-state index is 12.7. The van der Waals surface area contributed by atoms with Gasteiger partial charge < -0.3 is 19.5 Å². The van der Waals surface area contributed by atoms with Crippen molar-refractivity contribution in [3.05, 3.63) is 58.4 Å². The molecule has 0 radical (unpaired) electrons. The Morgan fingerprint density at radius 3 is 2.49 bits per heavy atom. The summed E-state index contributed by atoms with van der Waals surface area (Å²) in [6.45, 7) is 18.1. The fraction of sp³-hybridized carbons (Fsp3) is 0.576. The molecule has 2 heterocycles. The smallest absolute Gasteiger partial charge is 0.253 e. The van der Waals surface area contributed by atoms with Crippen molar-refractivity contribution >= 4 is 16.9 Å². The van der Waals surface area contributed by atoms with Crippen molar-refractivity contribution in [2.75, 3.05) is 33.3 Å². The molecule has 0 aliphatic carbocycles. The van der Waals surface area contributed by atoms with Gasteiger partial charge in [0.1, 0.15) is 11.6 Å². The van der Waals surface area contributed by atoms with Crippen LogP contribution in [0.3, 0.4) is 0 Å². The average molecular weight is 537 g/mol. The molecule has 0 saturated carbocycles. The van der Waals surface area contributed by atoms with Crippen LogP contribution < -0.4 is 10.1 Å². The molecule has 0 bridgehead atoms. The number of aryl methyl sites for hydroxylation is 2. The Labute approximate surface area is 237 Å². The summed E-state index contributed by atoms with van der Waals surface area (Å²) in [6.07, 6.45) is 5.77. The molecule has 1 aliphatic rings. The maximum Gasteiger partial charge on any atom is 0.253 e. The Balaban J connectivity index is 0.000000415. The molecule has 3 aromatic rings. The molecule has 6 heteroatoms. The molecule has 1 aromatic heterocycles. The van der Waals surface area contributed by atoms with Gasteiger partial charge >= 0.3 is 0 Å². The van der Waals surface area contributed by atoms with Crippen LogP contribution in [-0.4, -0.2) is 53.6 Å². The number of benzene rings is 2. The number of amides is 1. The van der Waals surface area contributed by atoms with Crippen LogP contribution in [0.2, 0.25) is 0 Å². The van der Waals surface area contributed by atoms with Crippen molar-refractivity contribution in [2.45, 2.75) is 80.6 Å². The van der Waals surface area contributed by atoms with E-state index in [0.29, 0.717) is 18.7 Å². The maximum absolute atomic E-state index is 12.7. The summed E-state index contributed by atoms with van der Waals surface area (Å²) in [7, 11) is 4.06. The summed E-state index contributed by atoms with van der Waals surface area (Å²) in [5, 5.41) is 3.16. The zero-order valence-electron chi connectivity index (χ0n) is 26.0. The summed E-state index contributed by atoms with van der Waals surface area (Å²) < 4.78 is 7.80. The predicted octanol–water partition coefficient (Wildman–Crippen LogP) is 6.95. The van der Waals surface area contributed by atoms with E-state index in [4.69, 9.17) is 9.72 Å². The minimum atomic E-state index is 0.0635. The first-order valence-electron chi connectivity index (χ1n) is 15.0. The lowest BCUT2D eigenvalue weighted by Gasteiger charge is -2.18. The molecule has 4 rings (SSSR count). The Hall–Kier alpha value is -2.86. The van der Waals surface area contributed by atoms with Gasteiger partial charge in [0.15, 0.2) is 0 Å². The average Bonchev–Trinajstić information content (AvgIpc) is 3.53. The lowest BCUT2D eigenvalue weighted by Crippen LogP contribution is -2.30. The van der Waals surface area contributed by atoms with Gasteiger partial charge in [-0.2, -0.15) is 0 Å². The van der Waals surface area contributed by atoms with Crippen molar-refractivity contribution in [2.24, 2.45) is 13.0 Å². The van der Waals surface area contributed by atoms with E-state index in [1.165, 1.54) is 42.5 Å². The minimum Gasteiger partial charge on any atom is -0.493 e. The van der Waals surface area contributed by atoms with E-state index in [2.05, 4.69) is 42.8 Å². The van der Waals surface area contributed by atoms with Crippen molar-refractivity contribution < 1.29 is 9.53 Å². The van der Waals surface area contributed by atoms with Crippen molar-refractivity contribution in [1.82, 2.24) is 19.8 Å². The summed E-state index contributed by atoms with van der Waals surface area (Å²) in [4.78, 5) is 19.4. The number of imidazole rings is 1. The zero-order valence-corrected chi connectivity index (χ0v) is 26.0. The molecule has 1 unspecified atom stereocenters. The lowest BCUT2D eigenvalue weighted by atomic mass is 10.0. The second kappa shape index (κ2) is 16.3. The zero-order chi connectivity index (χ0) is 28.9. The largest absolute Gasteiger partial charge is 0.493 e. The molecular formula is C33H52N4O2. The van der Waals surface area contributed by atoms with E-state index < -0.39 is 0 Å². The van der Waals surface area contributed by atoms with E-state index in [1.54, 1.807) is 0 Å². The first-order valence-corrected chi connectivity index (χ1v) is 15.0. The number of nitrogens with zero attached hydrogens (tertiary/aromatic N) is 3. The number of nitrogens with one attached hydrogen (secondary N) is 1. The minimum absolute atomic E-state index is 0.0635. The second-order valence-electron chi connectivity index (χ2n) is 10.2. The number of carbonyl (C=O) groups is 1. The van der Waals surface area contributed by atoms with Crippen molar-refractivity contribution in [3.63, 3.8) is 0 Å². The first kappa shape index (κ1) is 32.4. The highest BCUT2D eigenvalue weighted by molar-refractivity contribution is 5.97. The molecule has 1 amide bonds. The quantitative estimate of drug-likeness (QED) is 0.305. The van der Waals surface area contributed by atoms with Crippen molar-refractivity contribution in [3.8, 4) is 5.75 Å². The fourth-order valence-corrected chi connectivity index (χ4v) is 5.00. The van der Waals surface area contributed by atoms with Gasteiger partial charge in [-0.3, -0.25) is 4.79 Å². The van der Waals surface area contributed by atoms with Crippen LogP contribution in [0.1, 0.15) is 93.7 Å². The number of rotatable bonds is 10. The van der Waals surface area contributed by atoms with Gasteiger partial charge in [-0.25, -0.2) is 4.98 Å². The third-order valence-corrected chi connectivity index (χ3v) is 7.44. The molecule has 0 saturated heterocycles. The number of ether oxygens (including phenoxy) is 1. The van der Waals surface area contributed by atoms with Crippen LogP contribution in [0, 0.1) is 12.8 Å². The Morgan fingerprint density at radius 1 is 1.13 bits per heavy atom. The van der Waals surface area contributed by atoms with Crippen LogP contribution in [-0.2, 0) is 19.9 Å². The topological polar surface area (TPSA) is 59.4 Å². The monoisotopic (exact) mass is 536 g/mol. The van der Waals surface area contributed by atoms with Gasteiger partial charge in [0.05, 0.1) is 17.6 Å². The van der Waals surface area contributed by atoms with Gasteiger partial charge in [-0.1, -0.05) is 46.6 Å². The van der Waals surface area contributed by atoms with E-state index in [0.717, 1.165) is 48.0 Å². The van der Waals surface area contributed by atoms with E-state index in [-0.39, 0.29) is 5.91 Å².